The fraction of sp³-hybridized carbons (Fsp3) is 0.360. The fourth-order valence-corrected chi connectivity index (χ4v) is 6.33. The zero-order valence-corrected chi connectivity index (χ0v) is 19.8. The Morgan fingerprint density at radius 2 is 1.71 bits per heavy atom. The van der Waals surface area contributed by atoms with E-state index < -0.39 is 10.0 Å². The lowest BCUT2D eigenvalue weighted by molar-refractivity contribution is 0.0696. The third-order valence-electron chi connectivity index (χ3n) is 6.71. The molecule has 0 unspecified atom stereocenters. The predicted molar refractivity (Wildman–Crippen MR) is 125 cm³/mol. The number of furan rings is 1. The lowest BCUT2D eigenvalue weighted by Gasteiger charge is -2.34. The summed E-state index contributed by atoms with van der Waals surface area (Å²) in [7, 11) is -3.63. The summed E-state index contributed by atoms with van der Waals surface area (Å²) in [6, 6.07) is 11.2. The number of rotatable bonds is 4. The van der Waals surface area contributed by atoms with Gasteiger partial charge in [-0.15, -0.1) is 0 Å². The van der Waals surface area contributed by atoms with Crippen LogP contribution in [-0.2, 0) is 22.9 Å². The maximum Gasteiger partial charge on any atom is 0.258 e. The average molecular weight is 479 g/mol. The van der Waals surface area contributed by atoms with Gasteiger partial charge >= 0.3 is 0 Å². The SMILES string of the molecule is Cc1oc(-n2cccc2)c(C#N)c1C(=O)N1CCN(S(=O)(=O)c2ccc3c(c2)CCCC3)CC1. The Morgan fingerprint density at radius 1 is 1.03 bits per heavy atom. The Morgan fingerprint density at radius 3 is 2.38 bits per heavy atom. The molecule has 1 aliphatic carbocycles. The molecule has 34 heavy (non-hydrogen) atoms. The summed E-state index contributed by atoms with van der Waals surface area (Å²) in [6.07, 6.45) is 7.64. The lowest BCUT2D eigenvalue weighted by atomic mass is 9.92. The minimum Gasteiger partial charge on any atom is -0.443 e. The number of nitrogens with zero attached hydrogens (tertiary/aromatic N) is 4. The first-order chi connectivity index (χ1) is 16.4. The summed E-state index contributed by atoms with van der Waals surface area (Å²) >= 11 is 0. The van der Waals surface area contributed by atoms with E-state index in [4.69, 9.17) is 4.42 Å². The minimum atomic E-state index is -3.63. The van der Waals surface area contributed by atoms with Crippen molar-refractivity contribution in [1.29, 1.82) is 5.26 Å². The predicted octanol–water partition coefficient (Wildman–Crippen LogP) is 3.28. The van der Waals surface area contributed by atoms with Crippen molar-refractivity contribution >= 4 is 15.9 Å². The number of aromatic nitrogens is 1. The lowest BCUT2D eigenvalue weighted by Crippen LogP contribution is -2.50. The molecular weight excluding hydrogens is 452 g/mol. The van der Waals surface area contributed by atoms with Crippen molar-refractivity contribution in [3.63, 3.8) is 0 Å². The van der Waals surface area contributed by atoms with Gasteiger partial charge in [-0.25, -0.2) is 8.42 Å². The zero-order valence-electron chi connectivity index (χ0n) is 19.0. The van der Waals surface area contributed by atoms with Crippen LogP contribution < -0.4 is 0 Å². The number of fused-ring (bicyclic) bond motifs is 1. The normalized spacial score (nSPS) is 16.8. The Balaban J connectivity index is 1.33. The van der Waals surface area contributed by atoms with Crippen molar-refractivity contribution in [3.8, 4) is 12.0 Å². The van der Waals surface area contributed by atoms with Crippen molar-refractivity contribution in [2.24, 2.45) is 0 Å². The fourth-order valence-electron chi connectivity index (χ4n) is 4.85. The molecule has 0 spiro atoms. The van der Waals surface area contributed by atoms with Crippen LogP contribution in [0.1, 0.15) is 45.7 Å². The number of carbonyl (C=O) groups is 1. The smallest absolute Gasteiger partial charge is 0.258 e. The third-order valence-corrected chi connectivity index (χ3v) is 8.61. The number of piperazine rings is 1. The van der Waals surface area contributed by atoms with Gasteiger partial charge < -0.3 is 9.32 Å². The van der Waals surface area contributed by atoms with E-state index >= 15 is 0 Å². The van der Waals surface area contributed by atoms with Crippen LogP contribution in [0.5, 0.6) is 0 Å². The van der Waals surface area contributed by atoms with E-state index in [0.29, 0.717) is 16.5 Å². The first-order valence-corrected chi connectivity index (χ1v) is 12.9. The first-order valence-electron chi connectivity index (χ1n) is 11.5. The number of benzene rings is 1. The van der Waals surface area contributed by atoms with E-state index in [0.717, 1.165) is 31.2 Å². The van der Waals surface area contributed by atoms with Crippen LogP contribution in [-0.4, -0.2) is 54.3 Å². The zero-order chi connectivity index (χ0) is 23.9. The van der Waals surface area contributed by atoms with Gasteiger partial charge in [0.1, 0.15) is 23.0 Å². The summed E-state index contributed by atoms with van der Waals surface area (Å²) < 4.78 is 35.4. The first kappa shape index (κ1) is 22.4. The molecule has 0 saturated carbocycles. The van der Waals surface area contributed by atoms with Crippen LogP contribution in [0.2, 0.25) is 0 Å². The highest BCUT2D eigenvalue weighted by atomic mass is 32.2. The molecular formula is C25H26N4O4S. The second-order valence-electron chi connectivity index (χ2n) is 8.75. The topological polar surface area (TPSA) is 99.5 Å². The van der Waals surface area contributed by atoms with E-state index in [9.17, 15) is 18.5 Å². The molecule has 5 rings (SSSR count). The van der Waals surface area contributed by atoms with Gasteiger partial charge in [0.2, 0.25) is 15.9 Å². The second-order valence-corrected chi connectivity index (χ2v) is 10.7. The highest BCUT2D eigenvalue weighted by molar-refractivity contribution is 7.89. The molecule has 1 fully saturated rings. The van der Waals surface area contributed by atoms with Crippen LogP contribution >= 0.6 is 0 Å². The molecule has 9 heteroatoms. The van der Waals surface area contributed by atoms with Crippen molar-refractivity contribution in [2.45, 2.75) is 37.5 Å². The van der Waals surface area contributed by atoms with Gasteiger partial charge in [0.05, 0.1) is 4.90 Å². The third kappa shape index (κ3) is 3.83. The van der Waals surface area contributed by atoms with Crippen LogP contribution in [0, 0.1) is 18.3 Å². The summed E-state index contributed by atoms with van der Waals surface area (Å²) in [5.41, 5.74) is 2.78. The molecule has 1 saturated heterocycles. The molecule has 0 N–H and O–H groups in total. The molecule has 1 aliphatic heterocycles. The Bertz CT molecular complexity index is 1370. The van der Waals surface area contributed by atoms with Crippen LogP contribution in [0.3, 0.4) is 0 Å². The van der Waals surface area contributed by atoms with E-state index in [1.807, 2.05) is 24.3 Å². The number of amides is 1. The van der Waals surface area contributed by atoms with E-state index in [-0.39, 0.29) is 43.2 Å². The van der Waals surface area contributed by atoms with Crippen LogP contribution in [0.4, 0.5) is 0 Å². The van der Waals surface area contributed by atoms with Crippen LogP contribution in [0.15, 0.2) is 52.0 Å². The van der Waals surface area contributed by atoms with Crippen LogP contribution in [0.25, 0.3) is 5.88 Å². The maximum atomic E-state index is 13.3. The van der Waals surface area contributed by atoms with Gasteiger partial charge in [-0.1, -0.05) is 6.07 Å². The molecule has 3 heterocycles. The van der Waals surface area contributed by atoms with Gasteiger partial charge in [-0.3, -0.25) is 9.36 Å². The van der Waals surface area contributed by atoms with Gasteiger partial charge in [0, 0.05) is 38.6 Å². The van der Waals surface area contributed by atoms with E-state index in [2.05, 4.69) is 6.07 Å². The number of sulfonamides is 1. The average Bonchev–Trinajstić information content (AvgIpc) is 3.51. The molecule has 8 nitrogen and oxygen atoms in total. The number of hydrogen-bond donors (Lipinski definition) is 0. The van der Waals surface area contributed by atoms with Gasteiger partial charge in [-0.2, -0.15) is 9.57 Å². The van der Waals surface area contributed by atoms with Gasteiger partial charge in [-0.05, 0) is 68.0 Å². The number of aryl methyl sites for hydroxylation is 3. The Labute approximate surface area is 199 Å². The Kier molecular flexibility index (Phi) is 5.80. The molecule has 176 valence electrons. The van der Waals surface area contributed by atoms with Gasteiger partial charge in [0.15, 0.2) is 0 Å². The maximum absolute atomic E-state index is 13.3. The molecule has 0 atom stereocenters. The van der Waals surface area contributed by atoms with Gasteiger partial charge in [0.25, 0.3) is 5.91 Å². The largest absolute Gasteiger partial charge is 0.443 e. The monoisotopic (exact) mass is 478 g/mol. The molecule has 0 bridgehead atoms. The molecule has 2 aromatic heterocycles. The Hall–Kier alpha value is -3.35. The summed E-state index contributed by atoms with van der Waals surface area (Å²) in [5, 5.41) is 9.74. The number of hydrogen-bond acceptors (Lipinski definition) is 5. The number of nitriles is 1. The minimum absolute atomic E-state index is 0.183. The highest BCUT2D eigenvalue weighted by Crippen LogP contribution is 2.29. The summed E-state index contributed by atoms with van der Waals surface area (Å²) in [4.78, 5) is 15.2. The molecule has 1 amide bonds. The quantitative estimate of drug-likeness (QED) is 0.573. The summed E-state index contributed by atoms with van der Waals surface area (Å²) in [6.45, 7) is 2.56. The van der Waals surface area contributed by atoms with Crippen molar-refractivity contribution < 1.29 is 17.6 Å². The second kappa shape index (κ2) is 8.78. The summed E-state index contributed by atoms with van der Waals surface area (Å²) in [5.74, 6) is 0.360. The van der Waals surface area contributed by atoms with E-state index in [1.54, 1.807) is 34.9 Å². The molecule has 0 radical (unpaired) electrons. The van der Waals surface area contributed by atoms with Crippen molar-refractivity contribution in [2.75, 3.05) is 26.2 Å². The standard InChI is InChI=1S/C25H26N4O4S/c1-18-23(22(17-26)25(33-18)28-10-4-5-11-28)24(30)27-12-14-29(15-13-27)34(31,32)21-9-8-19-6-2-3-7-20(19)16-21/h4-5,8-11,16H,2-3,6-7,12-15H2,1H3. The molecule has 2 aliphatic rings. The molecule has 1 aromatic carbocycles. The van der Waals surface area contributed by atoms with E-state index in [1.165, 1.54) is 9.87 Å². The number of carbonyl (C=O) groups excluding carboxylic acids is 1. The molecule has 3 aromatic rings. The highest BCUT2D eigenvalue weighted by Gasteiger charge is 2.34. The van der Waals surface area contributed by atoms with Crippen molar-refractivity contribution in [3.05, 3.63) is 70.7 Å². The van der Waals surface area contributed by atoms with Crippen molar-refractivity contribution in [1.82, 2.24) is 13.8 Å².